The van der Waals surface area contributed by atoms with Crippen molar-refractivity contribution in [1.82, 2.24) is 15.2 Å². The lowest BCUT2D eigenvalue weighted by molar-refractivity contribution is 0.486. The van der Waals surface area contributed by atoms with Crippen molar-refractivity contribution in [3.05, 3.63) is 51.5 Å². The Morgan fingerprint density at radius 2 is 2.08 bits per heavy atom. The van der Waals surface area contributed by atoms with Crippen LogP contribution in [0.5, 0.6) is 0 Å². The fourth-order valence-electron chi connectivity index (χ4n) is 3.13. The van der Waals surface area contributed by atoms with Gasteiger partial charge in [0.25, 0.3) is 0 Å². The van der Waals surface area contributed by atoms with E-state index in [1.54, 1.807) is 11.3 Å². The van der Waals surface area contributed by atoms with Crippen molar-refractivity contribution in [2.24, 2.45) is 4.99 Å². The molecule has 2 heterocycles. The molecule has 1 unspecified atom stereocenters. The number of thiazole rings is 1. The smallest absolute Gasteiger partial charge is 0.194 e. The quantitative estimate of drug-likeness (QED) is 0.411. The van der Waals surface area contributed by atoms with Crippen molar-refractivity contribution in [1.29, 1.82) is 0 Å². The van der Waals surface area contributed by atoms with Crippen LogP contribution in [0.3, 0.4) is 0 Å². The molecular weight excluding hydrogens is 443 g/mol. The van der Waals surface area contributed by atoms with E-state index in [-0.39, 0.29) is 24.0 Å². The summed E-state index contributed by atoms with van der Waals surface area (Å²) in [6, 6.07) is 10.8. The van der Waals surface area contributed by atoms with Crippen LogP contribution >= 0.6 is 35.3 Å². The highest BCUT2D eigenvalue weighted by atomic mass is 127. The predicted molar refractivity (Wildman–Crippen MR) is 117 cm³/mol. The Balaban J connectivity index is 0.00000225. The maximum atomic E-state index is 4.83. The van der Waals surface area contributed by atoms with Crippen LogP contribution in [-0.4, -0.2) is 35.5 Å². The zero-order valence-corrected chi connectivity index (χ0v) is 18.3. The molecule has 1 N–H and O–H groups in total. The Labute approximate surface area is 171 Å². The highest BCUT2D eigenvalue weighted by Gasteiger charge is 2.25. The molecule has 1 aromatic carbocycles. The fraction of sp³-hybridized carbons (Fsp3) is 0.474. The number of benzene rings is 1. The average Bonchev–Trinajstić information content (AvgIpc) is 3.20. The number of rotatable bonds is 4. The summed E-state index contributed by atoms with van der Waals surface area (Å²) in [5.74, 6) is 1.61. The molecule has 0 aliphatic carbocycles. The Hall–Kier alpha value is -1.15. The van der Waals surface area contributed by atoms with Gasteiger partial charge in [-0.1, -0.05) is 30.3 Å². The Kier molecular flexibility index (Phi) is 7.68. The van der Waals surface area contributed by atoms with Gasteiger partial charge in [0.05, 0.1) is 12.2 Å². The Morgan fingerprint density at radius 1 is 1.32 bits per heavy atom. The summed E-state index contributed by atoms with van der Waals surface area (Å²) >= 11 is 1.75. The number of nitrogens with zero attached hydrogens (tertiary/aromatic N) is 3. The monoisotopic (exact) mass is 470 g/mol. The van der Waals surface area contributed by atoms with Crippen molar-refractivity contribution in [2.75, 3.05) is 19.6 Å². The highest BCUT2D eigenvalue weighted by Crippen LogP contribution is 2.27. The maximum absolute atomic E-state index is 4.83. The van der Waals surface area contributed by atoms with Gasteiger partial charge in [0, 0.05) is 30.4 Å². The normalized spacial score (nSPS) is 17.5. The van der Waals surface area contributed by atoms with Gasteiger partial charge in [-0.05, 0) is 32.8 Å². The van der Waals surface area contributed by atoms with Crippen LogP contribution < -0.4 is 5.32 Å². The first-order valence-electron chi connectivity index (χ1n) is 8.68. The van der Waals surface area contributed by atoms with Crippen LogP contribution in [0.1, 0.15) is 40.4 Å². The number of aromatic nitrogens is 1. The molecule has 3 rings (SSSR count). The minimum absolute atomic E-state index is 0. The van der Waals surface area contributed by atoms with Gasteiger partial charge in [-0.2, -0.15) is 0 Å². The van der Waals surface area contributed by atoms with E-state index in [1.807, 2.05) is 0 Å². The molecule has 2 aromatic rings. The zero-order valence-electron chi connectivity index (χ0n) is 15.2. The molecule has 1 atom stereocenters. The first kappa shape index (κ1) is 20.2. The molecule has 0 bridgehead atoms. The van der Waals surface area contributed by atoms with Crippen molar-refractivity contribution < 1.29 is 0 Å². The molecule has 1 aliphatic heterocycles. The number of likely N-dealkylation sites (tertiary alicyclic amines) is 1. The third kappa shape index (κ3) is 5.17. The number of guanidine groups is 1. The molecule has 0 saturated carbocycles. The molecule has 0 amide bonds. The zero-order chi connectivity index (χ0) is 16.9. The number of hydrogen-bond acceptors (Lipinski definition) is 3. The van der Waals surface area contributed by atoms with Crippen LogP contribution in [0.15, 0.2) is 35.3 Å². The second-order valence-corrected chi connectivity index (χ2v) is 7.55. The standard InChI is InChI=1S/C19H26N4S.HI/c1-4-20-19(21-12-18-22-14(2)15(3)24-18)23-11-10-17(13-23)16-8-6-5-7-9-16;/h5-9,17H,4,10-13H2,1-3H3,(H,20,21);1H. The van der Waals surface area contributed by atoms with Crippen LogP contribution in [0.4, 0.5) is 0 Å². The molecular formula is C19H27IN4S. The van der Waals surface area contributed by atoms with E-state index in [2.05, 4.69) is 66.3 Å². The summed E-state index contributed by atoms with van der Waals surface area (Å²) < 4.78 is 0. The van der Waals surface area contributed by atoms with Crippen molar-refractivity contribution in [3.63, 3.8) is 0 Å². The predicted octanol–water partition coefficient (Wildman–Crippen LogP) is 4.33. The van der Waals surface area contributed by atoms with Crippen LogP contribution in [0.25, 0.3) is 0 Å². The SMILES string of the molecule is CCNC(=NCc1nc(C)c(C)s1)N1CCC(c2ccccc2)C1.I. The summed E-state index contributed by atoms with van der Waals surface area (Å²) in [6.07, 6.45) is 1.18. The maximum Gasteiger partial charge on any atom is 0.194 e. The summed E-state index contributed by atoms with van der Waals surface area (Å²) in [6.45, 7) is 9.95. The first-order valence-corrected chi connectivity index (χ1v) is 9.50. The number of hydrogen-bond donors (Lipinski definition) is 1. The molecule has 1 fully saturated rings. The summed E-state index contributed by atoms with van der Waals surface area (Å²) in [5, 5.41) is 4.54. The Morgan fingerprint density at radius 3 is 2.72 bits per heavy atom. The molecule has 4 nitrogen and oxygen atoms in total. The molecule has 0 radical (unpaired) electrons. The van der Waals surface area contributed by atoms with Gasteiger partial charge >= 0.3 is 0 Å². The van der Waals surface area contributed by atoms with Gasteiger partial charge in [0.1, 0.15) is 5.01 Å². The number of aryl methyl sites for hydroxylation is 2. The van der Waals surface area contributed by atoms with E-state index in [4.69, 9.17) is 4.99 Å². The molecule has 1 aromatic heterocycles. The lowest BCUT2D eigenvalue weighted by Gasteiger charge is -2.21. The molecule has 136 valence electrons. The topological polar surface area (TPSA) is 40.5 Å². The average molecular weight is 470 g/mol. The van der Waals surface area contributed by atoms with E-state index in [0.717, 1.165) is 36.3 Å². The highest BCUT2D eigenvalue weighted by molar-refractivity contribution is 14.0. The summed E-state index contributed by atoms with van der Waals surface area (Å²) in [5.41, 5.74) is 2.56. The first-order chi connectivity index (χ1) is 11.7. The van der Waals surface area contributed by atoms with E-state index < -0.39 is 0 Å². The minimum Gasteiger partial charge on any atom is -0.357 e. The largest absolute Gasteiger partial charge is 0.357 e. The molecule has 1 saturated heterocycles. The van der Waals surface area contributed by atoms with Crippen LogP contribution in [-0.2, 0) is 6.54 Å². The van der Waals surface area contributed by atoms with Gasteiger partial charge < -0.3 is 10.2 Å². The van der Waals surface area contributed by atoms with Gasteiger partial charge in [0.15, 0.2) is 5.96 Å². The number of aliphatic imine (C=N–C) groups is 1. The molecule has 0 spiro atoms. The number of nitrogens with one attached hydrogen (secondary N) is 1. The summed E-state index contributed by atoms with van der Waals surface area (Å²) in [4.78, 5) is 13.1. The molecule has 25 heavy (non-hydrogen) atoms. The third-order valence-corrected chi connectivity index (χ3v) is 5.59. The van der Waals surface area contributed by atoms with Gasteiger partial charge in [-0.25, -0.2) is 9.98 Å². The molecule has 1 aliphatic rings. The van der Waals surface area contributed by atoms with E-state index >= 15 is 0 Å². The van der Waals surface area contributed by atoms with E-state index in [0.29, 0.717) is 12.5 Å². The van der Waals surface area contributed by atoms with Gasteiger partial charge in [-0.3, -0.25) is 0 Å². The second-order valence-electron chi connectivity index (χ2n) is 6.26. The minimum atomic E-state index is 0. The number of halogens is 1. The van der Waals surface area contributed by atoms with Gasteiger partial charge in [-0.15, -0.1) is 35.3 Å². The Bertz CT molecular complexity index is 679. The van der Waals surface area contributed by atoms with Crippen LogP contribution in [0.2, 0.25) is 0 Å². The van der Waals surface area contributed by atoms with E-state index in [9.17, 15) is 0 Å². The molecule has 6 heteroatoms. The van der Waals surface area contributed by atoms with Crippen molar-refractivity contribution in [2.45, 2.75) is 39.7 Å². The van der Waals surface area contributed by atoms with Crippen LogP contribution in [0, 0.1) is 13.8 Å². The lowest BCUT2D eigenvalue weighted by atomic mass is 9.99. The second kappa shape index (κ2) is 9.52. The van der Waals surface area contributed by atoms with Crippen molar-refractivity contribution >= 4 is 41.3 Å². The van der Waals surface area contributed by atoms with Gasteiger partial charge in [0.2, 0.25) is 0 Å². The van der Waals surface area contributed by atoms with E-state index in [1.165, 1.54) is 16.9 Å². The summed E-state index contributed by atoms with van der Waals surface area (Å²) in [7, 11) is 0. The lowest BCUT2D eigenvalue weighted by Crippen LogP contribution is -2.40. The van der Waals surface area contributed by atoms with Crippen molar-refractivity contribution in [3.8, 4) is 0 Å². The fourth-order valence-corrected chi connectivity index (χ4v) is 3.98. The third-order valence-electron chi connectivity index (χ3n) is 4.53.